The van der Waals surface area contributed by atoms with Gasteiger partial charge in [0.25, 0.3) is 0 Å². The van der Waals surface area contributed by atoms with Gasteiger partial charge in [-0.25, -0.2) is 0 Å². The summed E-state index contributed by atoms with van der Waals surface area (Å²) >= 11 is 6.27. The van der Waals surface area contributed by atoms with Gasteiger partial charge in [0.15, 0.2) is 0 Å². The molecule has 2 aromatic heterocycles. The minimum absolute atomic E-state index is 0.614. The lowest BCUT2D eigenvalue weighted by Crippen LogP contribution is -2.34. The Balaban J connectivity index is 1.60. The van der Waals surface area contributed by atoms with Crippen LogP contribution in [0.3, 0.4) is 0 Å². The molecule has 3 heterocycles. The number of rotatable bonds is 2. The topological polar surface area (TPSA) is 21.1 Å². The smallest absolute Gasteiger partial charge is 0.0908 e. The highest BCUT2D eigenvalue weighted by atomic mass is 35.5. The second-order valence-electron chi connectivity index (χ2n) is 5.81. The van der Waals surface area contributed by atoms with E-state index in [4.69, 9.17) is 11.6 Å². The molecule has 0 saturated carbocycles. The summed E-state index contributed by atoms with van der Waals surface area (Å²) in [6, 6.07) is 12.9. The van der Waals surface area contributed by atoms with Crippen molar-refractivity contribution >= 4 is 28.2 Å². The van der Waals surface area contributed by atoms with Crippen LogP contribution in [0, 0.1) is 0 Å². The molecule has 0 atom stereocenters. The fourth-order valence-corrected chi connectivity index (χ4v) is 3.62. The zero-order chi connectivity index (χ0) is 14.9. The van der Waals surface area contributed by atoms with Crippen molar-refractivity contribution in [1.29, 1.82) is 0 Å². The Morgan fingerprint density at radius 3 is 2.55 bits per heavy atom. The van der Waals surface area contributed by atoms with Gasteiger partial charge in [0.1, 0.15) is 0 Å². The Hall–Kier alpha value is -2.00. The van der Waals surface area contributed by atoms with E-state index in [1.807, 2.05) is 18.3 Å². The van der Waals surface area contributed by atoms with Crippen LogP contribution in [-0.4, -0.2) is 22.6 Å². The lowest BCUT2D eigenvalue weighted by molar-refractivity contribution is 0.398. The van der Waals surface area contributed by atoms with Crippen LogP contribution < -0.4 is 4.90 Å². The average molecular weight is 312 g/mol. The fraction of sp³-hybridized carbons (Fsp3) is 0.278. The van der Waals surface area contributed by atoms with Gasteiger partial charge < -0.3 is 9.47 Å². The average Bonchev–Trinajstić information content (AvgIpc) is 3.10. The molecule has 4 heteroatoms. The molecule has 22 heavy (non-hydrogen) atoms. The van der Waals surface area contributed by atoms with Gasteiger partial charge in [-0.3, -0.25) is 4.98 Å². The molecular weight excluding hydrogens is 294 g/mol. The van der Waals surface area contributed by atoms with E-state index >= 15 is 0 Å². The molecular formula is C18H18ClN3. The Morgan fingerprint density at radius 2 is 1.77 bits per heavy atom. The molecule has 0 aliphatic carbocycles. The van der Waals surface area contributed by atoms with Gasteiger partial charge in [-0.1, -0.05) is 23.7 Å². The third-order valence-electron chi connectivity index (χ3n) is 4.55. The molecule has 1 aliphatic heterocycles. The van der Waals surface area contributed by atoms with Crippen LogP contribution in [-0.2, 0) is 0 Å². The molecule has 0 spiro atoms. The van der Waals surface area contributed by atoms with Gasteiger partial charge in [0, 0.05) is 48.8 Å². The molecule has 0 bridgehead atoms. The predicted molar refractivity (Wildman–Crippen MR) is 91.7 cm³/mol. The van der Waals surface area contributed by atoms with Gasteiger partial charge in [-0.05, 0) is 37.1 Å². The first kappa shape index (κ1) is 13.6. The molecule has 0 N–H and O–H groups in total. The molecule has 1 saturated heterocycles. The molecule has 1 fully saturated rings. The Bertz CT molecular complexity index is 774. The van der Waals surface area contributed by atoms with Crippen molar-refractivity contribution in [3.8, 4) is 0 Å². The Morgan fingerprint density at radius 1 is 1.00 bits per heavy atom. The monoisotopic (exact) mass is 311 g/mol. The molecule has 112 valence electrons. The number of fused-ring (bicyclic) bond motifs is 1. The maximum Gasteiger partial charge on any atom is 0.0908 e. The molecule has 1 aromatic carbocycles. The summed E-state index contributed by atoms with van der Waals surface area (Å²) in [7, 11) is 0. The van der Waals surface area contributed by atoms with Crippen molar-refractivity contribution in [2.24, 2.45) is 0 Å². The first-order valence-corrected chi connectivity index (χ1v) is 8.11. The normalized spacial score (nSPS) is 16.3. The third-order valence-corrected chi connectivity index (χ3v) is 4.86. The summed E-state index contributed by atoms with van der Waals surface area (Å²) in [5.41, 5.74) is 2.15. The van der Waals surface area contributed by atoms with Crippen LogP contribution in [0.25, 0.3) is 10.9 Å². The van der Waals surface area contributed by atoms with E-state index in [-0.39, 0.29) is 0 Å². The minimum atomic E-state index is 0.614. The SMILES string of the molecule is Clc1cccc2c(N3CCC(n4cccc4)CC3)ccnc12. The molecule has 0 unspecified atom stereocenters. The largest absolute Gasteiger partial charge is 0.371 e. The maximum absolute atomic E-state index is 6.27. The first-order chi connectivity index (χ1) is 10.8. The summed E-state index contributed by atoms with van der Waals surface area (Å²) in [5, 5.41) is 1.87. The number of benzene rings is 1. The molecule has 3 aromatic rings. The molecule has 1 aliphatic rings. The number of piperidine rings is 1. The third kappa shape index (κ3) is 2.35. The zero-order valence-electron chi connectivity index (χ0n) is 12.3. The van der Waals surface area contributed by atoms with Gasteiger partial charge in [0.05, 0.1) is 10.5 Å². The Labute approximate surface area is 135 Å². The van der Waals surface area contributed by atoms with Gasteiger partial charge >= 0.3 is 0 Å². The van der Waals surface area contributed by atoms with Crippen LogP contribution in [0.2, 0.25) is 5.02 Å². The van der Waals surface area contributed by atoms with Crippen LogP contribution in [0.4, 0.5) is 5.69 Å². The van der Waals surface area contributed by atoms with E-state index in [0.29, 0.717) is 6.04 Å². The number of hydrogen-bond acceptors (Lipinski definition) is 2. The van der Waals surface area contributed by atoms with Gasteiger partial charge in [0.2, 0.25) is 0 Å². The lowest BCUT2D eigenvalue weighted by Gasteiger charge is -2.34. The first-order valence-electron chi connectivity index (χ1n) is 7.73. The van der Waals surface area contributed by atoms with Crippen molar-refractivity contribution in [3.63, 3.8) is 0 Å². The number of hydrogen-bond donors (Lipinski definition) is 0. The number of pyridine rings is 1. The molecule has 4 rings (SSSR count). The van der Waals surface area contributed by atoms with Crippen molar-refractivity contribution in [1.82, 2.24) is 9.55 Å². The highest BCUT2D eigenvalue weighted by Crippen LogP contribution is 2.33. The van der Waals surface area contributed by atoms with E-state index < -0.39 is 0 Å². The van der Waals surface area contributed by atoms with Crippen molar-refractivity contribution < 1.29 is 0 Å². The second-order valence-corrected chi connectivity index (χ2v) is 6.22. The van der Waals surface area contributed by atoms with Gasteiger partial charge in [-0.2, -0.15) is 0 Å². The van der Waals surface area contributed by atoms with Crippen molar-refractivity contribution in [3.05, 3.63) is 60.0 Å². The second kappa shape index (κ2) is 5.65. The molecule has 0 radical (unpaired) electrons. The number of aromatic nitrogens is 2. The minimum Gasteiger partial charge on any atom is -0.371 e. The van der Waals surface area contributed by atoms with Crippen LogP contribution >= 0.6 is 11.6 Å². The number of halogens is 1. The highest BCUT2D eigenvalue weighted by Gasteiger charge is 2.21. The van der Waals surface area contributed by atoms with Crippen molar-refractivity contribution in [2.45, 2.75) is 18.9 Å². The standard InChI is InChI=1S/C18H18ClN3/c19-16-5-3-4-15-17(6-9-20-18(15)16)22-12-7-14(8-13-22)21-10-1-2-11-21/h1-6,9-11,14H,7-8,12-13H2. The van der Waals surface area contributed by atoms with Gasteiger partial charge in [-0.15, -0.1) is 0 Å². The van der Waals surface area contributed by atoms with E-state index in [1.165, 1.54) is 18.5 Å². The van der Waals surface area contributed by atoms with Crippen LogP contribution in [0.15, 0.2) is 55.0 Å². The summed E-state index contributed by atoms with van der Waals surface area (Å²) < 4.78 is 2.33. The summed E-state index contributed by atoms with van der Waals surface area (Å²) in [6.07, 6.45) is 8.53. The van der Waals surface area contributed by atoms with Crippen molar-refractivity contribution in [2.75, 3.05) is 18.0 Å². The van der Waals surface area contributed by atoms with E-state index in [0.717, 1.165) is 29.0 Å². The summed E-state index contributed by atoms with van der Waals surface area (Å²) in [4.78, 5) is 6.89. The number of nitrogens with zero attached hydrogens (tertiary/aromatic N) is 3. The zero-order valence-corrected chi connectivity index (χ0v) is 13.1. The predicted octanol–water partition coefficient (Wildman–Crippen LogP) is 4.53. The highest BCUT2D eigenvalue weighted by molar-refractivity contribution is 6.35. The van der Waals surface area contributed by atoms with Crippen LogP contribution in [0.1, 0.15) is 18.9 Å². The van der Waals surface area contributed by atoms with E-state index in [2.05, 4.69) is 51.1 Å². The molecule has 3 nitrogen and oxygen atoms in total. The summed E-state index contributed by atoms with van der Waals surface area (Å²) in [6.45, 7) is 2.13. The Kier molecular flexibility index (Phi) is 3.51. The quantitative estimate of drug-likeness (QED) is 0.693. The lowest BCUT2D eigenvalue weighted by atomic mass is 10.0. The van der Waals surface area contributed by atoms with Crippen LogP contribution in [0.5, 0.6) is 0 Å². The van der Waals surface area contributed by atoms with E-state index in [9.17, 15) is 0 Å². The number of anilines is 1. The number of para-hydroxylation sites is 1. The molecule has 0 amide bonds. The maximum atomic E-state index is 6.27. The fourth-order valence-electron chi connectivity index (χ4n) is 3.40. The van der Waals surface area contributed by atoms with E-state index in [1.54, 1.807) is 0 Å². The summed E-state index contributed by atoms with van der Waals surface area (Å²) in [5.74, 6) is 0.